The van der Waals surface area contributed by atoms with Crippen molar-refractivity contribution in [3.8, 4) is 0 Å². The zero-order valence-corrected chi connectivity index (χ0v) is 17.0. The van der Waals surface area contributed by atoms with Crippen molar-refractivity contribution in [1.29, 1.82) is 0 Å². The molecule has 1 atom stereocenters. The Morgan fingerprint density at radius 3 is 2.30 bits per heavy atom. The highest BCUT2D eigenvalue weighted by molar-refractivity contribution is 7.81. The van der Waals surface area contributed by atoms with E-state index in [1.54, 1.807) is 24.7 Å². The van der Waals surface area contributed by atoms with Crippen LogP contribution in [0.5, 0.6) is 0 Å². The molecular weight excluding hydrogens is 356 g/mol. The summed E-state index contributed by atoms with van der Waals surface area (Å²) >= 11 is 5.20. The molecule has 140 valence electrons. The number of carbonyl (C=O) groups is 1. The fourth-order valence-electron chi connectivity index (χ4n) is 3.79. The quantitative estimate of drug-likeness (QED) is 0.525. The number of aromatic nitrogens is 2. The molecule has 0 aliphatic rings. The first-order chi connectivity index (χ1) is 12.8. The number of imidazole rings is 1. The molecule has 0 fully saturated rings. The van der Waals surface area contributed by atoms with Crippen LogP contribution in [0.1, 0.15) is 38.2 Å². The lowest BCUT2D eigenvalue weighted by Gasteiger charge is -2.33. The number of methoxy groups -OCH3 is 1. The molecule has 1 unspecified atom stereocenters. The second kappa shape index (κ2) is 7.61. The summed E-state index contributed by atoms with van der Waals surface area (Å²) in [5.74, 6) is -0.344. The van der Waals surface area contributed by atoms with Gasteiger partial charge in [-0.1, -0.05) is 29.8 Å². The van der Waals surface area contributed by atoms with Gasteiger partial charge in [-0.2, -0.15) is 12.6 Å². The van der Waals surface area contributed by atoms with Crippen molar-refractivity contribution in [3.05, 3.63) is 88.5 Å². The predicted octanol–water partition coefficient (Wildman–Crippen LogP) is 4.47. The monoisotopic (exact) mass is 380 g/mol. The Labute approximate surface area is 165 Å². The molecule has 0 aliphatic carbocycles. The lowest BCUT2D eigenvalue weighted by Crippen LogP contribution is -2.29. The van der Waals surface area contributed by atoms with Gasteiger partial charge < -0.3 is 9.30 Å². The van der Waals surface area contributed by atoms with Gasteiger partial charge in [0.1, 0.15) is 0 Å². The molecule has 4 nitrogen and oxygen atoms in total. The van der Waals surface area contributed by atoms with Gasteiger partial charge in [0, 0.05) is 18.9 Å². The molecule has 1 aromatic heterocycles. The zero-order chi connectivity index (χ0) is 19.6. The van der Waals surface area contributed by atoms with E-state index in [1.165, 1.54) is 29.4 Å². The van der Waals surface area contributed by atoms with E-state index in [-0.39, 0.29) is 5.97 Å². The first-order valence-corrected chi connectivity index (χ1v) is 9.25. The maximum atomic E-state index is 11.8. The van der Waals surface area contributed by atoms with Crippen molar-refractivity contribution >= 4 is 18.6 Å². The zero-order valence-electron chi connectivity index (χ0n) is 16.1. The van der Waals surface area contributed by atoms with Crippen molar-refractivity contribution in [1.82, 2.24) is 9.55 Å². The molecule has 0 N–H and O–H groups in total. The van der Waals surface area contributed by atoms with Crippen molar-refractivity contribution in [2.75, 3.05) is 7.11 Å². The molecule has 27 heavy (non-hydrogen) atoms. The Balaban J connectivity index is 2.15. The third kappa shape index (κ3) is 3.78. The minimum atomic E-state index is -0.572. The van der Waals surface area contributed by atoms with Gasteiger partial charge in [0.05, 0.1) is 23.7 Å². The number of aryl methyl sites for hydroxylation is 3. The van der Waals surface area contributed by atoms with Gasteiger partial charge in [-0.25, -0.2) is 9.78 Å². The SMILES string of the molecule is COC(=O)c1ccc(C(S)(Cn2ccnc2)c2c(C)cc(C)cc2C)cc1. The minimum absolute atomic E-state index is 0.344. The van der Waals surface area contributed by atoms with Crippen LogP contribution in [-0.4, -0.2) is 22.6 Å². The molecule has 0 spiro atoms. The number of hydrogen-bond acceptors (Lipinski definition) is 4. The van der Waals surface area contributed by atoms with Crippen molar-refractivity contribution < 1.29 is 9.53 Å². The summed E-state index contributed by atoms with van der Waals surface area (Å²) in [5, 5.41) is 0. The van der Waals surface area contributed by atoms with E-state index < -0.39 is 4.75 Å². The number of thiol groups is 1. The number of nitrogens with zero attached hydrogens (tertiary/aromatic N) is 2. The molecule has 1 heterocycles. The maximum absolute atomic E-state index is 11.8. The van der Waals surface area contributed by atoms with E-state index in [4.69, 9.17) is 17.4 Å². The largest absolute Gasteiger partial charge is 0.465 e. The topological polar surface area (TPSA) is 44.1 Å². The Bertz CT molecular complexity index is 926. The standard InChI is InChI=1S/C22H24N2O2S/c1-15-11-16(2)20(17(3)12-15)22(27,13-24-10-9-23-14-24)19-7-5-18(6-8-19)21(25)26-4/h5-12,14,27H,13H2,1-4H3. The van der Waals surface area contributed by atoms with Crippen LogP contribution >= 0.6 is 12.6 Å². The van der Waals surface area contributed by atoms with Crippen LogP contribution < -0.4 is 0 Å². The molecule has 0 saturated carbocycles. The summed E-state index contributed by atoms with van der Waals surface area (Å²) in [5.41, 5.74) is 6.34. The molecule has 2 aromatic carbocycles. The third-order valence-corrected chi connectivity index (χ3v) is 5.47. The molecule has 0 bridgehead atoms. The van der Waals surface area contributed by atoms with E-state index in [9.17, 15) is 4.79 Å². The second-order valence-corrected chi connectivity index (χ2v) is 7.70. The summed E-state index contributed by atoms with van der Waals surface area (Å²) < 4.78 is 6.27. The Morgan fingerprint density at radius 2 is 1.78 bits per heavy atom. The molecule has 3 rings (SSSR count). The Hall–Kier alpha value is -2.53. The van der Waals surface area contributed by atoms with Gasteiger partial charge in [0.15, 0.2) is 0 Å². The summed E-state index contributed by atoms with van der Waals surface area (Å²) in [6.07, 6.45) is 5.50. The lowest BCUT2D eigenvalue weighted by atomic mass is 9.83. The molecule has 0 radical (unpaired) electrons. The normalized spacial score (nSPS) is 13.2. The smallest absolute Gasteiger partial charge is 0.337 e. The summed E-state index contributed by atoms with van der Waals surface area (Å²) in [4.78, 5) is 16.0. The number of ether oxygens (including phenoxy) is 1. The number of benzene rings is 2. The van der Waals surface area contributed by atoms with E-state index in [0.717, 1.165) is 5.56 Å². The first kappa shape index (κ1) is 19.2. The molecular formula is C22H24N2O2S. The van der Waals surface area contributed by atoms with Crippen molar-refractivity contribution in [2.24, 2.45) is 0 Å². The van der Waals surface area contributed by atoms with Crippen molar-refractivity contribution in [3.63, 3.8) is 0 Å². The van der Waals surface area contributed by atoms with Crippen LogP contribution in [0.15, 0.2) is 55.1 Å². The highest BCUT2D eigenvalue weighted by Crippen LogP contribution is 2.41. The van der Waals surface area contributed by atoms with Crippen LogP contribution in [0.25, 0.3) is 0 Å². The number of rotatable bonds is 5. The number of hydrogen-bond donors (Lipinski definition) is 1. The third-order valence-electron chi connectivity index (χ3n) is 4.84. The van der Waals surface area contributed by atoms with Gasteiger partial charge in [0.2, 0.25) is 0 Å². The summed E-state index contributed by atoms with van der Waals surface area (Å²) in [6.45, 7) is 6.97. The fraction of sp³-hybridized carbons (Fsp3) is 0.273. The van der Waals surface area contributed by atoms with Crippen LogP contribution in [-0.2, 0) is 16.0 Å². The summed E-state index contributed by atoms with van der Waals surface area (Å²) in [6, 6.07) is 11.9. The Kier molecular flexibility index (Phi) is 5.42. The van der Waals surface area contributed by atoms with E-state index in [0.29, 0.717) is 12.1 Å². The second-order valence-electron chi connectivity index (χ2n) is 6.94. The molecule has 0 saturated heterocycles. The minimum Gasteiger partial charge on any atom is -0.465 e. The van der Waals surface area contributed by atoms with Gasteiger partial charge in [-0.05, 0) is 55.2 Å². The molecule has 5 heteroatoms. The van der Waals surface area contributed by atoms with E-state index >= 15 is 0 Å². The van der Waals surface area contributed by atoms with E-state index in [2.05, 4.69) is 37.9 Å². The number of esters is 1. The number of carbonyl (C=O) groups excluding carboxylic acids is 1. The summed E-state index contributed by atoms with van der Waals surface area (Å²) in [7, 11) is 1.39. The average Bonchev–Trinajstić information content (AvgIpc) is 3.13. The van der Waals surface area contributed by atoms with Crippen LogP contribution in [0, 0.1) is 20.8 Å². The molecule has 0 aliphatic heterocycles. The highest BCUT2D eigenvalue weighted by Gasteiger charge is 2.34. The average molecular weight is 381 g/mol. The maximum Gasteiger partial charge on any atom is 0.337 e. The van der Waals surface area contributed by atoms with Gasteiger partial charge >= 0.3 is 5.97 Å². The predicted molar refractivity (Wildman–Crippen MR) is 110 cm³/mol. The van der Waals surface area contributed by atoms with Crippen LogP contribution in [0.3, 0.4) is 0 Å². The van der Waals surface area contributed by atoms with Crippen molar-refractivity contribution in [2.45, 2.75) is 32.1 Å². The van der Waals surface area contributed by atoms with Gasteiger partial charge in [0.25, 0.3) is 0 Å². The van der Waals surface area contributed by atoms with Gasteiger partial charge in [-0.15, -0.1) is 0 Å². The molecule has 3 aromatic rings. The van der Waals surface area contributed by atoms with Gasteiger partial charge in [-0.3, -0.25) is 0 Å². The lowest BCUT2D eigenvalue weighted by molar-refractivity contribution is 0.0600. The Morgan fingerprint density at radius 1 is 1.15 bits per heavy atom. The van der Waals surface area contributed by atoms with Crippen LogP contribution in [0.2, 0.25) is 0 Å². The molecule has 0 amide bonds. The van der Waals surface area contributed by atoms with E-state index in [1.807, 2.05) is 22.9 Å². The van der Waals surface area contributed by atoms with Crippen LogP contribution in [0.4, 0.5) is 0 Å². The highest BCUT2D eigenvalue weighted by atomic mass is 32.1. The fourth-order valence-corrected chi connectivity index (χ4v) is 4.46. The first-order valence-electron chi connectivity index (χ1n) is 8.80.